The van der Waals surface area contributed by atoms with Gasteiger partial charge in [-0.25, -0.2) is 13.4 Å². The molecule has 0 saturated carbocycles. The van der Waals surface area contributed by atoms with E-state index in [9.17, 15) is 18.0 Å². The van der Waals surface area contributed by atoms with Gasteiger partial charge in [-0.15, -0.1) is 0 Å². The highest BCUT2D eigenvalue weighted by Crippen LogP contribution is 2.43. The van der Waals surface area contributed by atoms with E-state index in [0.29, 0.717) is 46.4 Å². The molecule has 46 heavy (non-hydrogen) atoms. The summed E-state index contributed by atoms with van der Waals surface area (Å²) in [4.78, 5) is 33.8. The minimum Gasteiger partial charge on any atom is -0.492 e. The van der Waals surface area contributed by atoms with Crippen molar-refractivity contribution in [2.24, 2.45) is 5.92 Å². The summed E-state index contributed by atoms with van der Waals surface area (Å²) >= 11 is 6.42. The Labute approximate surface area is 273 Å². The van der Waals surface area contributed by atoms with Gasteiger partial charge in [-0.05, 0) is 86.2 Å². The summed E-state index contributed by atoms with van der Waals surface area (Å²) in [5, 5.41) is 4.65. The monoisotopic (exact) mass is 664 g/mol. The number of benzene rings is 3. The van der Waals surface area contributed by atoms with Crippen LogP contribution in [0.1, 0.15) is 50.4 Å². The minimum atomic E-state index is -3.76. The van der Waals surface area contributed by atoms with E-state index < -0.39 is 39.1 Å². The molecule has 12 heteroatoms. The molecule has 0 radical (unpaired) electrons. The van der Waals surface area contributed by atoms with Gasteiger partial charge >= 0.3 is 5.97 Å². The molecule has 1 saturated heterocycles. The van der Waals surface area contributed by atoms with Crippen molar-refractivity contribution >= 4 is 55.6 Å². The largest absolute Gasteiger partial charge is 0.492 e. The number of sulfone groups is 1. The molecular formula is C34H37ClN4O6S. The number of aromatic nitrogens is 1. The zero-order valence-electron chi connectivity index (χ0n) is 26.1. The Morgan fingerprint density at radius 1 is 1.11 bits per heavy atom. The first-order valence-corrected chi connectivity index (χ1v) is 16.9. The van der Waals surface area contributed by atoms with Crippen LogP contribution in [-0.4, -0.2) is 55.7 Å². The zero-order chi connectivity index (χ0) is 33.2. The number of carbonyl (C=O) groups excluding carboxylic acids is 2. The van der Waals surface area contributed by atoms with Gasteiger partial charge in [0, 0.05) is 23.8 Å². The van der Waals surface area contributed by atoms with Gasteiger partial charge in [-0.1, -0.05) is 35.9 Å². The molecule has 3 atom stereocenters. The smallest absolute Gasteiger partial charge is 0.311 e. The number of esters is 1. The number of nitrogens with zero attached hydrogens (tertiary/aromatic N) is 2. The Morgan fingerprint density at radius 2 is 1.87 bits per heavy atom. The quantitative estimate of drug-likeness (QED) is 0.196. The first kappa shape index (κ1) is 33.0. The van der Waals surface area contributed by atoms with Crippen molar-refractivity contribution < 1.29 is 27.5 Å². The summed E-state index contributed by atoms with van der Waals surface area (Å²) < 4.78 is 37.9. The highest BCUT2D eigenvalue weighted by Gasteiger charge is 2.46. The number of methoxy groups -OCH3 is 1. The van der Waals surface area contributed by atoms with Crippen molar-refractivity contribution in [3.63, 3.8) is 0 Å². The Bertz CT molecular complexity index is 1880. The lowest BCUT2D eigenvalue weighted by Gasteiger charge is -2.33. The number of nitrogens with two attached hydrogens (primary N) is 1. The maximum atomic E-state index is 14.8. The number of hydrogen-bond acceptors (Lipinski definition) is 9. The number of likely N-dealkylation sites (tertiary alicyclic amines) is 1. The van der Waals surface area contributed by atoms with E-state index in [1.807, 2.05) is 31.2 Å². The molecule has 3 aromatic carbocycles. The third kappa shape index (κ3) is 6.34. The van der Waals surface area contributed by atoms with E-state index in [-0.39, 0.29) is 17.3 Å². The predicted octanol–water partition coefficient (Wildman–Crippen LogP) is 5.97. The van der Waals surface area contributed by atoms with E-state index in [4.69, 9.17) is 26.8 Å². The Morgan fingerprint density at radius 3 is 2.59 bits per heavy atom. The number of halogens is 1. The predicted molar refractivity (Wildman–Crippen MR) is 178 cm³/mol. The Hall–Kier alpha value is -4.35. The number of rotatable bonds is 10. The van der Waals surface area contributed by atoms with Crippen LogP contribution in [-0.2, 0) is 24.2 Å². The Kier molecular flexibility index (Phi) is 9.74. The maximum Gasteiger partial charge on any atom is 0.311 e. The van der Waals surface area contributed by atoms with E-state index in [1.165, 1.54) is 13.2 Å². The summed E-state index contributed by atoms with van der Waals surface area (Å²) in [5.74, 6) is -0.866. The molecule has 5 rings (SSSR count). The van der Waals surface area contributed by atoms with Crippen LogP contribution < -0.4 is 15.8 Å². The highest BCUT2D eigenvalue weighted by molar-refractivity contribution is 7.92. The van der Waals surface area contributed by atoms with Crippen LogP contribution in [0.25, 0.3) is 10.8 Å². The van der Waals surface area contributed by atoms with Crippen molar-refractivity contribution in [3.8, 4) is 5.75 Å². The van der Waals surface area contributed by atoms with Crippen molar-refractivity contribution in [3.05, 3.63) is 89.1 Å². The lowest BCUT2D eigenvalue weighted by atomic mass is 9.93. The summed E-state index contributed by atoms with van der Waals surface area (Å²) in [5.41, 5.74) is 7.64. The van der Waals surface area contributed by atoms with Crippen LogP contribution in [0.2, 0.25) is 5.02 Å². The van der Waals surface area contributed by atoms with Crippen molar-refractivity contribution in [2.45, 2.75) is 49.4 Å². The molecule has 1 fully saturated rings. The fraction of sp³-hybridized carbons (Fsp3) is 0.324. The van der Waals surface area contributed by atoms with Crippen LogP contribution in [0, 0.1) is 5.92 Å². The van der Waals surface area contributed by atoms with E-state index >= 15 is 0 Å². The lowest BCUT2D eigenvalue weighted by Crippen LogP contribution is -2.40. The average Bonchev–Trinajstić information content (AvgIpc) is 3.49. The van der Waals surface area contributed by atoms with Gasteiger partial charge in [0.25, 0.3) is 0 Å². The number of fused-ring (bicyclic) bond motifs is 1. The molecule has 10 nitrogen and oxygen atoms in total. The molecule has 4 aromatic rings. The van der Waals surface area contributed by atoms with Crippen molar-refractivity contribution in [2.75, 3.05) is 31.3 Å². The fourth-order valence-electron chi connectivity index (χ4n) is 5.94. The standard InChI is InChI=1S/C34H37ClN4O6S/c1-5-45-28-19-22(10-13-27(28)35)30(38-23-11-12-24-21(18-23)14-16-37-32(24)36)33(40)39-17-15-26(34(41)44-4)31(39)25-8-6-7-9-29(25)46(42,43)20(2)3/h6-14,16,18-20,26,30-31,38H,5,15,17H2,1-4H3,(H2,36,37)/t26-,30?,31-/m0/s1. The van der Waals surface area contributed by atoms with Crippen LogP contribution >= 0.6 is 11.6 Å². The number of nitrogen functional groups attached to an aromatic ring is 1. The second-order valence-electron chi connectivity index (χ2n) is 11.4. The fourth-order valence-corrected chi connectivity index (χ4v) is 7.40. The molecule has 1 aliphatic heterocycles. The molecular weight excluding hydrogens is 628 g/mol. The van der Waals surface area contributed by atoms with Crippen molar-refractivity contribution in [1.82, 2.24) is 9.88 Å². The summed E-state index contributed by atoms with van der Waals surface area (Å²) in [6.45, 7) is 5.61. The van der Waals surface area contributed by atoms with Crippen LogP contribution in [0.5, 0.6) is 5.75 Å². The lowest BCUT2D eigenvalue weighted by molar-refractivity contribution is -0.147. The number of carbonyl (C=O) groups is 2. The van der Waals surface area contributed by atoms with Gasteiger partial charge < -0.3 is 25.4 Å². The SMILES string of the molecule is CCOc1cc(C(Nc2ccc3c(N)nccc3c2)C(=O)N2CC[C@H](C(=O)OC)[C@@H]2c2ccccc2S(=O)(=O)C(C)C)ccc1Cl. The number of anilines is 2. The van der Waals surface area contributed by atoms with Crippen LogP contribution in [0.3, 0.4) is 0 Å². The average molecular weight is 665 g/mol. The summed E-state index contributed by atoms with van der Waals surface area (Å²) in [6, 6.07) is 17.1. The van der Waals surface area contributed by atoms with Gasteiger partial charge in [0.05, 0.1) is 40.8 Å². The van der Waals surface area contributed by atoms with Crippen molar-refractivity contribution in [1.29, 1.82) is 0 Å². The zero-order valence-corrected chi connectivity index (χ0v) is 27.6. The number of nitrogens with one attached hydrogen (secondary N) is 1. The number of ether oxygens (including phenoxy) is 2. The highest BCUT2D eigenvalue weighted by atomic mass is 35.5. The topological polar surface area (TPSA) is 141 Å². The summed E-state index contributed by atoms with van der Waals surface area (Å²) in [7, 11) is -2.48. The Balaban J connectivity index is 1.64. The van der Waals surface area contributed by atoms with Crippen LogP contribution in [0.4, 0.5) is 11.5 Å². The molecule has 1 aromatic heterocycles. The second-order valence-corrected chi connectivity index (χ2v) is 14.2. The molecule has 2 heterocycles. The van der Waals surface area contributed by atoms with E-state index in [1.54, 1.807) is 61.3 Å². The molecule has 1 amide bonds. The van der Waals surface area contributed by atoms with E-state index in [2.05, 4.69) is 10.3 Å². The minimum absolute atomic E-state index is 0.0824. The molecule has 242 valence electrons. The molecule has 0 aliphatic carbocycles. The number of amides is 1. The van der Waals surface area contributed by atoms with Gasteiger partial charge in [0.15, 0.2) is 9.84 Å². The van der Waals surface area contributed by atoms with Crippen LogP contribution in [0.15, 0.2) is 77.8 Å². The first-order chi connectivity index (χ1) is 22.0. The molecule has 0 spiro atoms. The number of hydrogen-bond donors (Lipinski definition) is 2. The maximum absolute atomic E-state index is 14.8. The molecule has 3 N–H and O–H groups in total. The third-order valence-electron chi connectivity index (χ3n) is 8.29. The molecule has 1 aliphatic rings. The third-order valence-corrected chi connectivity index (χ3v) is 10.8. The second kappa shape index (κ2) is 13.6. The first-order valence-electron chi connectivity index (χ1n) is 15.0. The molecule has 1 unspecified atom stereocenters. The number of pyridine rings is 1. The van der Waals surface area contributed by atoms with Gasteiger partial charge in [0.2, 0.25) is 5.91 Å². The van der Waals surface area contributed by atoms with Gasteiger partial charge in [0.1, 0.15) is 17.6 Å². The van der Waals surface area contributed by atoms with Gasteiger partial charge in [-0.2, -0.15) is 0 Å². The van der Waals surface area contributed by atoms with E-state index in [0.717, 1.165) is 10.8 Å². The molecule has 0 bridgehead atoms. The van der Waals surface area contributed by atoms with Gasteiger partial charge in [-0.3, -0.25) is 9.59 Å². The normalized spacial score (nSPS) is 17.2. The summed E-state index contributed by atoms with van der Waals surface area (Å²) in [6.07, 6.45) is 1.90.